The first-order valence-corrected chi connectivity index (χ1v) is 7.89. The molecule has 0 aliphatic carbocycles. The van der Waals surface area contributed by atoms with Crippen LogP contribution < -0.4 is 11.1 Å². The Balaban J connectivity index is 1.85. The Morgan fingerprint density at radius 3 is 2.76 bits per heavy atom. The molecule has 1 amide bonds. The van der Waals surface area contributed by atoms with E-state index in [4.69, 9.17) is 18.0 Å². The van der Waals surface area contributed by atoms with E-state index in [1.54, 1.807) is 0 Å². The van der Waals surface area contributed by atoms with Crippen LogP contribution in [0.2, 0.25) is 0 Å². The monoisotopic (exact) mass is 305 g/mol. The lowest BCUT2D eigenvalue weighted by molar-refractivity contribution is -0.121. The Kier molecular flexibility index (Phi) is 5.70. The van der Waals surface area contributed by atoms with Gasteiger partial charge in [0.1, 0.15) is 4.99 Å². The van der Waals surface area contributed by atoms with Gasteiger partial charge < -0.3 is 16.0 Å². The Morgan fingerprint density at radius 2 is 2.14 bits per heavy atom. The predicted octanol–water partition coefficient (Wildman–Crippen LogP) is 1.46. The average molecular weight is 305 g/mol. The number of amides is 1. The quantitative estimate of drug-likeness (QED) is 0.809. The molecule has 1 heterocycles. The number of hydrogen-bond donors (Lipinski definition) is 2. The summed E-state index contributed by atoms with van der Waals surface area (Å²) in [6.45, 7) is 5.31. The molecule has 2 rings (SSSR count). The number of rotatable bonds is 5. The number of likely N-dealkylation sites (tertiary alicyclic amines) is 1. The number of nitrogens with two attached hydrogens (primary N) is 1. The molecule has 1 aliphatic rings. The number of carbonyl (C=O) groups excluding carboxylic acids is 1. The summed E-state index contributed by atoms with van der Waals surface area (Å²) >= 11 is 4.92. The molecule has 1 saturated heterocycles. The fraction of sp³-hybridized carbons (Fsp3) is 0.500. The van der Waals surface area contributed by atoms with E-state index in [0.717, 1.165) is 43.6 Å². The number of piperidine rings is 1. The molecule has 1 unspecified atom stereocenters. The maximum atomic E-state index is 12.1. The van der Waals surface area contributed by atoms with Crippen molar-refractivity contribution in [1.82, 2.24) is 10.2 Å². The highest BCUT2D eigenvalue weighted by Crippen LogP contribution is 2.10. The Bertz CT molecular complexity index is 501. The van der Waals surface area contributed by atoms with Gasteiger partial charge in [-0.25, -0.2) is 0 Å². The molecule has 0 bridgehead atoms. The van der Waals surface area contributed by atoms with E-state index in [1.165, 1.54) is 0 Å². The summed E-state index contributed by atoms with van der Waals surface area (Å²) in [4.78, 5) is 14.9. The van der Waals surface area contributed by atoms with Crippen LogP contribution >= 0.6 is 12.2 Å². The normalized spacial score (nSPS) is 19.2. The summed E-state index contributed by atoms with van der Waals surface area (Å²) in [6, 6.07) is 7.83. The second-order valence-electron chi connectivity index (χ2n) is 5.54. The minimum atomic E-state index is 0.0843. The number of likely N-dealkylation sites (N-methyl/N-ethyl adjacent to an activating group) is 1. The van der Waals surface area contributed by atoms with Crippen LogP contribution in [0.15, 0.2) is 24.3 Å². The van der Waals surface area contributed by atoms with E-state index in [2.05, 4.69) is 17.1 Å². The van der Waals surface area contributed by atoms with E-state index in [0.29, 0.717) is 11.4 Å². The molecule has 21 heavy (non-hydrogen) atoms. The van der Waals surface area contributed by atoms with Crippen LogP contribution in [0.3, 0.4) is 0 Å². The average Bonchev–Trinajstić information content (AvgIpc) is 2.47. The summed E-state index contributed by atoms with van der Waals surface area (Å²) in [5, 5.41) is 3.14. The van der Waals surface area contributed by atoms with Crippen molar-refractivity contribution in [2.24, 2.45) is 5.73 Å². The van der Waals surface area contributed by atoms with Gasteiger partial charge in [-0.05, 0) is 31.5 Å². The van der Waals surface area contributed by atoms with Crippen LogP contribution in [0.5, 0.6) is 0 Å². The Morgan fingerprint density at radius 1 is 1.43 bits per heavy atom. The molecule has 1 atom stereocenters. The van der Waals surface area contributed by atoms with Gasteiger partial charge in [0, 0.05) is 18.2 Å². The van der Waals surface area contributed by atoms with Gasteiger partial charge in [0.15, 0.2) is 0 Å². The van der Waals surface area contributed by atoms with Crippen molar-refractivity contribution in [2.75, 3.05) is 19.6 Å². The van der Waals surface area contributed by atoms with Gasteiger partial charge in [0.25, 0.3) is 0 Å². The van der Waals surface area contributed by atoms with Gasteiger partial charge in [0.2, 0.25) is 5.91 Å². The second kappa shape index (κ2) is 7.52. The lowest BCUT2D eigenvalue weighted by atomic mass is 10.0. The predicted molar refractivity (Wildman–Crippen MR) is 89.3 cm³/mol. The molecule has 114 valence electrons. The summed E-state index contributed by atoms with van der Waals surface area (Å²) in [5.74, 6) is 0.0843. The fourth-order valence-electron chi connectivity index (χ4n) is 2.71. The first-order valence-electron chi connectivity index (χ1n) is 7.49. The number of hydrogen-bond acceptors (Lipinski definition) is 3. The highest BCUT2D eigenvalue weighted by Gasteiger charge is 2.20. The topological polar surface area (TPSA) is 58.4 Å². The molecular weight excluding hydrogens is 282 g/mol. The lowest BCUT2D eigenvalue weighted by Crippen LogP contribution is -2.47. The fourth-order valence-corrected chi connectivity index (χ4v) is 2.85. The van der Waals surface area contributed by atoms with Crippen LogP contribution in [-0.4, -0.2) is 41.5 Å². The summed E-state index contributed by atoms with van der Waals surface area (Å²) in [7, 11) is 0. The maximum Gasteiger partial charge on any atom is 0.224 e. The van der Waals surface area contributed by atoms with Crippen LogP contribution in [0, 0.1) is 0 Å². The SMILES string of the molecule is CCN1CCCC(NC(=O)Cc2ccc(C(N)=S)cc2)C1. The van der Waals surface area contributed by atoms with Crippen molar-refractivity contribution < 1.29 is 4.79 Å². The van der Waals surface area contributed by atoms with Gasteiger partial charge in [-0.3, -0.25) is 4.79 Å². The molecule has 0 radical (unpaired) electrons. The zero-order valence-corrected chi connectivity index (χ0v) is 13.3. The van der Waals surface area contributed by atoms with Crippen molar-refractivity contribution >= 4 is 23.1 Å². The molecule has 0 spiro atoms. The maximum absolute atomic E-state index is 12.1. The van der Waals surface area contributed by atoms with Gasteiger partial charge >= 0.3 is 0 Å². The van der Waals surface area contributed by atoms with Gasteiger partial charge in [-0.1, -0.05) is 43.4 Å². The molecular formula is C16H23N3OS. The van der Waals surface area contributed by atoms with Crippen molar-refractivity contribution in [3.8, 4) is 0 Å². The van der Waals surface area contributed by atoms with E-state index < -0.39 is 0 Å². The van der Waals surface area contributed by atoms with Crippen LogP contribution in [0.1, 0.15) is 30.9 Å². The smallest absolute Gasteiger partial charge is 0.224 e. The van der Waals surface area contributed by atoms with Gasteiger partial charge in [-0.15, -0.1) is 0 Å². The van der Waals surface area contributed by atoms with Crippen molar-refractivity contribution in [2.45, 2.75) is 32.2 Å². The molecule has 1 aliphatic heterocycles. The molecule has 1 aromatic carbocycles. The third kappa shape index (κ3) is 4.79. The van der Waals surface area contributed by atoms with Crippen LogP contribution in [0.25, 0.3) is 0 Å². The standard InChI is InChI=1S/C16H23N3OS/c1-2-19-9-3-4-14(11-19)18-15(20)10-12-5-7-13(8-6-12)16(17)21/h5-8,14H,2-4,9-11H2,1H3,(H2,17,21)(H,18,20). The molecule has 0 aromatic heterocycles. The van der Waals surface area contributed by atoms with E-state index >= 15 is 0 Å². The molecule has 4 nitrogen and oxygen atoms in total. The molecule has 3 N–H and O–H groups in total. The van der Waals surface area contributed by atoms with Gasteiger partial charge in [-0.2, -0.15) is 0 Å². The third-order valence-corrected chi connectivity index (χ3v) is 4.16. The highest BCUT2D eigenvalue weighted by molar-refractivity contribution is 7.80. The number of carbonyl (C=O) groups is 1. The molecule has 1 aromatic rings. The zero-order valence-electron chi connectivity index (χ0n) is 12.5. The van der Waals surface area contributed by atoms with Crippen molar-refractivity contribution in [3.05, 3.63) is 35.4 Å². The first kappa shape index (κ1) is 15.9. The van der Waals surface area contributed by atoms with Crippen molar-refractivity contribution in [3.63, 3.8) is 0 Å². The molecule has 0 saturated carbocycles. The summed E-state index contributed by atoms with van der Waals surface area (Å²) < 4.78 is 0. The third-order valence-electron chi connectivity index (χ3n) is 3.92. The zero-order chi connectivity index (χ0) is 15.2. The van der Waals surface area contributed by atoms with E-state index in [1.807, 2.05) is 24.3 Å². The van der Waals surface area contributed by atoms with Crippen molar-refractivity contribution in [1.29, 1.82) is 0 Å². The number of benzene rings is 1. The van der Waals surface area contributed by atoms with E-state index in [-0.39, 0.29) is 11.9 Å². The van der Waals surface area contributed by atoms with Gasteiger partial charge in [0.05, 0.1) is 6.42 Å². The van der Waals surface area contributed by atoms with E-state index in [9.17, 15) is 4.79 Å². The summed E-state index contributed by atoms with van der Waals surface area (Å²) in [6.07, 6.45) is 2.63. The lowest BCUT2D eigenvalue weighted by Gasteiger charge is -2.32. The minimum absolute atomic E-state index is 0.0843. The first-order chi connectivity index (χ1) is 10.1. The largest absolute Gasteiger partial charge is 0.389 e. The Hall–Kier alpha value is -1.46. The number of nitrogens with zero attached hydrogens (tertiary/aromatic N) is 1. The summed E-state index contributed by atoms with van der Waals surface area (Å²) in [5.41, 5.74) is 7.38. The minimum Gasteiger partial charge on any atom is -0.389 e. The molecule has 5 heteroatoms. The Labute approximate surface area is 131 Å². The number of thiocarbonyl (C=S) groups is 1. The van der Waals surface area contributed by atoms with Crippen LogP contribution in [-0.2, 0) is 11.2 Å². The highest BCUT2D eigenvalue weighted by atomic mass is 32.1. The second-order valence-corrected chi connectivity index (χ2v) is 5.98. The number of nitrogens with one attached hydrogen (secondary N) is 1. The van der Waals surface area contributed by atoms with Crippen LogP contribution in [0.4, 0.5) is 0 Å². The molecule has 1 fully saturated rings.